The van der Waals surface area contributed by atoms with E-state index >= 15 is 0 Å². The van der Waals surface area contributed by atoms with E-state index in [1.807, 2.05) is 25.1 Å². The molecule has 1 unspecified atom stereocenters. The van der Waals surface area contributed by atoms with Gasteiger partial charge in [-0.3, -0.25) is 0 Å². The minimum atomic E-state index is 0.623. The lowest BCUT2D eigenvalue weighted by atomic mass is 10.00. The number of aromatic nitrogens is 1. The van der Waals surface area contributed by atoms with Crippen LogP contribution < -0.4 is 15.8 Å². The summed E-state index contributed by atoms with van der Waals surface area (Å²) < 4.78 is 5.38. The van der Waals surface area contributed by atoms with Gasteiger partial charge in [0.05, 0.1) is 6.61 Å². The average molecular weight is 251 g/mol. The molecule has 0 fully saturated rings. The SMILES string of the molecule is CCCC(CCN)CNc1cccc(OCC)n1. The van der Waals surface area contributed by atoms with Crippen LogP contribution in [0.5, 0.6) is 5.88 Å². The van der Waals surface area contributed by atoms with Gasteiger partial charge in [-0.15, -0.1) is 0 Å². The van der Waals surface area contributed by atoms with Crippen molar-refractivity contribution in [2.75, 3.05) is 25.0 Å². The van der Waals surface area contributed by atoms with Gasteiger partial charge in [-0.05, 0) is 38.3 Å². The monoisotopic (exact) mass is 251 g/mol. The zero-order chi connectivity index (χ0) is 13.2. The summed E-state index contributed by atoms with van der Waals surface area (Å²) in [5.41, 5.74) is 5.63. The normalized spacial score (nSPS) is 12.2. The van der Waals surface area contributed by atoms with Gasteiger partial charge < -0.3 is 15.8 Å². The second-order valence-corrected chi connectivity index (χ2v) is 4.41. The first-order chi connectivity index (χ1) is 8.80. The molecule has 0 saturated heterocycles. The number of rotatable bonds is 9. The largest absolute Gasteiger partial charge is 0.478 e. The van der Waals surface area contributed by atoms with E-state index in [-0.39, 0.29) is 0 Å². The molecule has 0 amide bonds. The average Bonchev–Trinajstić information content (AvgIpc) is 2.37. The van der Waals surface area contributed by atoms with Crippen LogP contribution in [-0.2, 0) is 0 Å². The van der Waals surface area contributed by atoms with Gasteiger partial charge in [-0.25, -0.2) is 0 Å². The second kappa shape index (κ2) is 8.75. The third kappa shape index (κ3) is 5.36. The molecule has 0 aliphatic heterocycles. The summed E-state index contributed by atoms with van der Waals surface area (Å²) in [6, 6.07) is 5.80. The molecule has 0 aromatic carbocycles. The molecule has 18 heavy (non-hydrogen) atoms. The minimum Gasteiger partial charge on any atom is -0.478 e. The molecular weight excluding hydrogens is 226 g/mol. The zero-order valence-corrected chi connectivity index (χ0v) is 11.5. The molecule has 1 rings (SSSR count). The first-order valence-corrected chi connectivity index (χ1v) is 6.83. The van der Waals surface area contributed by atoms with Crippen molar-refractivity contribution in [1.82, 2.24) is 4.98 Å². The van der Waals surface area contributed by atoms with Crippen LogP contribution in [0.1, 0.15) is 33.1 Å². The molecule has 0 aliphatic carbocycles. The number of pyridine rings is 1. The van der Waals surface area contributed by atoms with E-state index in [0.29, 0.717) is 18.4 Å². The van der Waals surface area contributed by atoms with Crippen LogP contribution in [0.25, 0.3) is 0 Å². The Morgan fingerprint density at radius 2 is 2.17 bits per heavy atom. The Morgan fingerprint density at radius 1 is 1.33 bits per heavy atom. The maximum absolute atomic E-state index is 5.63. The number of hydrogen-bond donors (Lipinski definition) is 2. The molecule has 1 heterocycles. The summed E-state index contributed by atoms with van der Waals surface area (Å²) in [5, 5.41) is 3.37. The highest BCUT2D eigenvalue weighted by molar-refractivity contribution is 5.37. The van der Waals surface area contributed by atoms with Crippen LogP contribution in [0.15, 0.2) is 18.2 Å². The van der Waals surface area contributed by atoms with E-state index in [1.165, 1.54) is 12.8 Å². The van der Waals surface area contributed by atoms with Crippen LogP contribution >= 0.6 is 0 Å². The van der Waals surface area contributed by atoms with Gasteiger partial charge in [0.15, 0.2) is 0 Å². The van der Waals surface area contributed by atoms with Gasteiger partial charge in [0.25, 0.3) is 0 Å². The zero-order valence-electron chi connectivity index (χ0n) is 11.5. The minimum absolute atomic E-state index is 0.623. The van der Waals surface area contributed by atoms with Crippen molar-refractivity contribution < 1.29 is 4.74 Å². The Hall–Kier alpha value is -1.29. The first-order valence-electron chi connectivity index (χ1n) is 6.83. The lowest BCUT2D eigenvalue weighted by molar-refractivity contribution is 0.327. The van der Waals surface area contributed by atoms with Crippen molar-refractivity contribution >= 4 is 5.82 Å². The highest BCUT2D eigenvalue weighted by Crippen LogP contribution is 2.14. The molecule has 3 N–H and O–H groups in total. The van der Waals surface area contributed by atoms with Gasteiger partial charge in [-0.2, -0.15) is 4.98 Å². The molecule has 0 aliphatic rings. The molecule has 102 valence electrons. The molecule has 4 heteroatoms. The molecule has 4 nitrogen and oxygen atoms in total. The lowest BCUT2D eigenvalue weighted by Gasteiger charge is -2.16. The topological polar surface area (TPSA) is 60.2 Å². The van der Waals surface area contributed by atoms with Crippen molar-refractivity contribution in [2.45, 2.75) is 33.1 Å². The van der Waals surface area contributed by atoms with E-state index in [9.17, 15) is 0 Å². The van der Waals surface area contributed by atoms with E-state index in [1.54, 1.807) is 0 Å². The van der Waals surface area contributed by atoms with Gasteiger partial charge in [0.2, 0.25) is 5.88 Å². The summed E-state index contributed by atoms with van der Waals surface area (Å²) in [7, 11) is 0. The summed E-state index contributed by atoms with van der Waals surface area (Å²) in [5.74, 6) is 2.17. The van der Waals surface area contributed by atoms with Crippen LogP contribution in [0.4, 0.5) is 5.82 Å². The maximum atomic E-state index is 5.63. The van der Waals surface area contributed by atoms with Crippen molar-refractivity contribution in [3.63, 3.8) is 0 Å². The number of hydrogen-bond acceptors (Lipinski definition) is 4. The summed E-state index contributed by atoms with van der Waals surface area (Å²) in [6.07, 6.45) is 3.46. The Labute approximate surface area is 110 Å². The second-order valence-electron chi connectivity index (χ2n) is 4.41. The van der Waals surface area contributed by atoms with E-state index < -0.39 is 0 Å². The Kier molecular flexibility index (Phi) is 7.18. The van der Waals surface area contributed by atoms with Crippen molar-refractivity contribution in [1.29, 1.82) is 0 Å². The quantitative estimate of drug-likeness (QED) is 0.708. The van der Waals surface area contributed by atoms with Crippen LogP contribution in [0.3, 0.4) is 0 Å². The van der Waals surface area contributed by atoms with Crippen molar-refractivity contribution in [3.05, 3.63) is 18.2 Å². The highest BCUT2D eigenvalue weighted by Gasteiger charge is 2.07. The maximum Gasteiger partial charge on any atom is 0.215 e. The molecule has 0 saturated carbocycles. The molecule has 1 aromatic heterocycles. The number of nitrogens with two attached hydrogens (primary N) is 1. The van der Waals surface area contributed by atoms with Crippen LogP contribution in [-0.4, -0.2) is 24.7 Å². The van der Waals surface area contributed by atoms with Gasteiger partial charge >= 0.3 is 0 Å². The van der Waals surface area contributed by atoms with Gasteiger partial charge in [0, 0.05) is 12.6 Å². The number of nitrogens with zero attached hydrogens (tertiary/aromatic N) is 1. The molecule has 0 spiro atoms. The number of anilines is 1. The van der Waals surface area contributed by atoms with Crippen molar-refractivity contribution in [2.24, 2.45) is 11.7 Å². The molecular formula is C14H25N3O. The van der Waals surface area contributed by atoms with Gasteiger partial charge in [0.1, 0.15) is 5.82 Å². The smallest absolute Gasteiger partial charge is 0.215 e. The lowest BCUT2D eigenvalue weighted by Crippen LogP contribution is -2.18. The predicted molar refractivity (Wildman–Crippen MR) is 76.0 cm³/mol. The Bertz CT molecular complexity index is 325. The summed E-state index contributed by atoms with van der Waals surface area (Å²) in [4.78, 5) is 4.39. The molecule has 1 aromatic rings. The fourth-order valence-corrected chi connectivity index (χ4v) is 1.98. The van der Waals surface area contributed by atoms with E-state index in [4.69, 9.17) is 10.5 Å². The number of nitrogens with one attached hydrogen (secondary N) is 1. The fourth-order valence-electron chi connectivity index (χ4n) is 1.98. The van der Waals surface area contributed by atoms with Crippen LogP contribution in [0.2, 0.25) is 0 Å². The highest BCUT2D eigenvalue weighted by atomic mass is 16.5. The predicted octanol–water partition coefficient (Wildman–Crippen LogP) is 2.66. The standard InChI is InChI=1S/C14H25N3O/c1-3-6-12(9-10-15)11-16-13-7-5-8-14(17-13)18-4-2/h5,7-8,12H,3-4,6,9-11,15H2,1-2H3,(H,16,17). The van der Waals surface area contributed by atoms with E-state index in [2.05, 4.69) is 17.2 Å². The molecule has 0 radical (unpaired) electrons. The molecule has 1 atom stereocenters. The van der Waals surface area contributed by atoms with Crippen LogP contribution in [0, 0.1) is 5.92 Å². The van der Waals surface area contributed by atoms with E-state index in [0.717, 1.165) is 25.3 Å². The number of ether oxygens (including phenoxy) is 1. The third-order valence-electron chi connectivity index (χ3n) is 2.86. The fraction of sp³-hybridized carbons (Fsp3) is 0.643. The molecule has 0 bridgehead atoms. The Balaban J connectivity index is 2.47. The van der Waals surface area contributed by atoms with Crippen molar-refractivity contribution in [3.8, 4) is 5.88 Å². The summed E-state index contributed by atoms with van der Waals surface area (Å²) in [6.45, 7) is 6.48. The van der Waals surface area contributed by atoms with Gasteiger partial charge in [-0.1, -0.05) is 19.4 Å². The first kappa shape index (κ1) is 14.8. The summed E-state index contributed by atoms with van der Waals surface area (Å²) >= 11 is 0. The third-order valence-corrected chi connectivity index (χ3v) is 2.86. The Morgan fingerprint density at radius 3 is 2.83 bits per heavy atom.